The van der Waals surface area contributed by atoms with E-state index in [1.54, 1.807) is 6.92 Å². The van der Waals surface area contributed by atoms with Gasteiger partial charge in [0.15, 0.2) is 23.2 Å². The number of hydrogen-bond donors (Lipinski definition) is 4. The first-order valence-corrected chi connectivity index (χ1v) is 7.93. The predicted molar refractivity (Wildman–Crippen MR) is 88.4 cm³/mol. The van der Waals surface area contributed by atoms with Crippen LogP contribution >= 0.6 is 0 Å². The van der Waals surface area contributed by atoms with E-state index in [1.165, 1.54) is 17.0 Å². The van der Waals surface area contributed by atoms with Crippen LogP contribution in [0, 0.1) is 0 Å². The van der Waals surface area contributed by atoms with Gasteiger partial charge in [-0.25, -0.2) is 19.7 Å². The summed E-state index contributed by atoms with van der Waals surface area (Å²) >= 11 is 0. The number of esters is 1. The Morgan fingerprint density at radius 3 is 2.85 bits per heavy atom. The molecular formula is C15H19N5O6. The van der Waals surface area contributed by atoms with Gasteiger partial charge < -0.3 is 30.5 Å². The number of aliphatic hydroxyl groups is 3. The van der Waals surface area contributed by atoms with Crippen LogP contribution in [0.25, 0.3) is 17.2 Å². The number of rotatable bonds is 5. The first kappa shape index (κ1) is 18.2. The number of carbonyl (C=O) groups excluding carboxylic acids is 1. The van der Waals surface area contributed by atoms with Crippen molar-refractivity contribution < 1.29 is 29.6 Å². The number of fused-ring (bicyclic) bond motifs is 1. The van der Waals surface area contributed by atoms with Crippen LogP contribution < -0.4 is 5.73 Å². The summed E-state index contributed by atoms with van der Waals surface area (Å²) in [5, 5.41) is 29.6. The third-order valence-corrected chi connectivity index (χ3v) is 3.96. The Labute approximate surface area is 147 Å². The van der Waals surface area contributed by atoms with Gasteiger partial charge in [0.05, 0.1) is 13.2 Å². The van der Waals surface area contributed by atoms with Gasteiger partial charge in [-0.15, -0.1) is 0 Å². The van der Waals surface area contributed by atoms with Crippen molar-refractivity contribution in [2.75, 3.05) is 18.9 Å². The fourth-order valence-electron chi connectivity index (χ4n) is 2.74. The molecule has 1 saturated heterocycles. The van der Waals surface area contributed by atoms with Gasteiger partial charge in [0.25, 0.3) is 0 Å². The first-order valence-electron chi connectivity index (χ1n) is 7.93. The molecule has 0 unspecified atom stereocenters. The Hall–Kier alpha value is -2.60. The van der Waals surface area contributed by atoms with Crippen molar-refractivity contribution in [2.45, 2.75) is 31.5 Å². The second-order valence-corrected chi connectivity index (χ2v) is 5.59. The van der Waals surface area contributed by atoms with E-state index in [0.717, 1.165) is 6.08 Å². The van der Waals surface area contributed by atoms with Crippen LogP contribution in [-0.4, -0.2) is 72.3 Å². The highest BCUT2D eigenvalue weighted by Crippen LogP contribution is 2.33. The fourth-order valence-corrected chi connectivity index (χ4v) is 2.74. The summed E-state index contributed by atoms with van der Waals surface area (Å²) in [6.07, 6.45) is -0.994. The smallest absolute Gasteiger partial charge is 0.330 e. The number of hydrogen-bond acceptors (Lipinski definition) is 10. The summed E-state index contributed by atoms with van der Waals surface area (Å²) in [5.74, 6) is -0.285. The second kappa shape index (κ2) is 7.33. The largest absolute Gasteiger partial charge is 0.463 e. The molecule has 3 heterocycles. The highest BCUT2D eigenvalue weighted by molar-refractivity contribution is 5.88. The van der Waals surface area contributed by atoms with Crippen molar-refractivity contribution in [1.82, 2.24) is 19.5 Å². The molecule has 0 bridgehead atoms. The van der Waals surface area contributed by atoms with Gasteiger partial charge in [-0.3, -0.25) is 4.57 Å². The maximum absolute atomic E-state index is 11.6. The van der Waals surface area contributed by atoms with E-state index >= 15 is 0 Å². The normalized spacial score (nSPS) is 26.0. The molecule has 140 valence electrons. The van der Waals surface area contributed by atoms with Crippen molar-refractivity contribution in [3.8, 4) is 0 Å². The molecule has 0 amide bonds. The molecule has 0 saturated carbocycles. The lowest BCUT2D eigenvalue weighted by Crippen LogP contribution is -2.33. The number of aromatic nitrogens is 4. The molecule has 0 aliphatic carbocycles. The van der Waals surface area contributed by atoms with Crippen molar-refractivity contribution in [2.24, 2.45) is 0 Å². The number of nitrogens with zero attached hydrogens (tertiary/aromatic N) is 4. The molecule has 0 radical (unpaired) electrons. The van der Waals surface area contributed by atoms with E-state index in [-0.39, 0.29) is 29.4 Å². The molecule has 5 N–H and O–H groups in total. The molecular weight excluding hydrogens is 346 g/mol. The molecule has 2 aromatic rings. The first-order chi connectivity index (χ1) is 12.5. The number of ether oxygens (including phenoxy) is 2. The Morgan fingerprint density at radius 2 is 2.19 bits per heavy atom. The minimum atomic E-state index is -1.35. The van der Waals surface area contributed by atoms with E-state index < -0.39 is 37.1 Å². The Bertz CT molecular complexity index is 837. The van der Waals surface area contributed by atoms with Crippen LogP contribution in [0.2, 0.25) is 0 Å². The summed E-state index contributed by atoms with van der Waals surface area (Å²) in [6, 6.07) is 0. The summed E-state index contributed by atoms with van der Waals surface area (Å²) < 4.78 is 11.8. The monoisotopic (exact) mass is 365 g/mol. The summed E-state index contributed by atoms with van der Waals surface area (Å²) in [6.45, 7) is 1.41. The highest BCUT2D eigenvalue weighted by atomic mass is 16.6. The number of carbonyl (C=O) groups is 1. The molecule has 11 nitrogen and oxygen atoms in total. The predicted octanol–water partition coefficient (Wildman–Crippen LogP) is -1.40. The minimum Gasteiger partial charge on any atom is -0.463 e. The van der Waals surface area contributed by atoms with Crippen molar-refractivity contribution >= 4 is 29.0 Å². The Morgan fingerprint density at radius 1 is 1.42 bits per heavy atom. The Kier molecular flexibility index (Phi) is 5.13. The Balaban J connectivity index is 2.09. The maximum atomic E-state index is 11.6. The quantitative estimate of drug-likeness (QED) is 0.365. The highest BCUT2D eigenvalue weighted by Gasteiger charge is 2.44. The van der Waals surface area contributed by atoms with Crippen LogP contribution in [0.5, 0.6) is 0 Å². The van der Waals surface area contributed by atoms with Crippen LogP contribution in [-0.2, 0) is 14.3 Å². The van der Waals surface area contributed by atoms with Gasteiger partial charge in [0.2, 0.25) is 0 Å². The zero-order valence-electron chi connectivity index (χ0n) is 13.9. The SMILES string of the molecule is CCOC(=O)/C=C/c1nc2c(N)ncnc2n1[C@@H]1O[C@H](CO)[C@@H](O)[C@H]1O. The van der Waals surface area contributed by atoms with Gasteiger partial charge in [0, 0.05) is 6.08 Å². The molecule has 0 spiro atoms. The van der Waals surface area contributed by atoms with Gasteiger partial charge in [-0.05, 0) is 13.0 Å². The number of imidazole rings is 1. The zero-order chi connectivity index (χ0) is 18.8. The molecule has 1 fully saturated rings. The van der Waals surface area contributed by atoms with Gasteiger partial charge in [0.1, 0.15) is 30.5 Å². The molecule has 3 rings (SSSR count). The van der Waals surface area contributed by atoms with E-state index in [4.69, 9.17) is 15.2 Å². The summed E-state index contributed by atoms with van der Waals surface area (Å²) in [4.78, 5) is 23.8. The van der Waals surface area contributed by atoms with Crippen molar-refractivity contribution in [1.29, 1.82) is 0 Å². The lowest BCUT2D eigenvalue weighted by Gasteiger charge is -2.18. The molecule has 1 aliphatic rings. The van der Waals surface area contributed by atoms with Crippen LogP contribution in [0.15, 0.2) is 12.4 Å². The van der Waals surface area contributed by atoms with E-state index in [9.17, 15) is 20.1 Å². The average Bonchev–Trinajstić information content (AvgIpc) is 3.12. The molecule has 2 aromatic heterocycles. The van der Waals surface area contributed by atoms with E-state index in [0.29, 0.717) is 0 Å². The van der Waals surface area contributed by atoms with Crippen molar-refractivity contribution in [3.05, 3.63) is 18.2 Å². The summed E-state index contributed by atoms with van der Waals surface area (Å²) in [5.41, 5.74) is 6.31. The number of nitrogens with two attached hydrogens (primary N) is 1. The third kappa shape index (κ3) is 3.12. The lowest BCUT2D eigenvalue weighted by atomic mass is 10.1. The number of aliphatic hydroxyl groups excluding tert-OH is 3. The third-order valence-electron chi connectivity index (χ3n) is 3.96. The van der Waals surface area contributed by atoms with E-state index in [1.807, 2.05) is 0 Å². The standard InChI is InChI=1S/C15H19N5O6/c1-2-25-9(22)4-3-8-19-10-13(16)17-6-18-14(10)20(8)15-12(24)11(23)7(5-21)26-15/h3-4,6-7,11-12,15,21,23-24H,2,5H2,1H3,(H2,16,17,18)/b4-3+/t7-,11-,12-,15-/m1/s1. The molecule has 26 heavy (non-hydrogen) atoms. The summed E-state index contributed by atoms with van der Waals surface area (Å²) in [7, 11) is 0. The minimum absolute atomic E-state index is 0.103. The van der Waals surface area contributed by atoms with Crippen LogP contribution in [0.1, 0.15) is 19.0 Å². The van der Waals surface area contributed by atoms with Crippen molar-refractivity contribution in [3.63, 3.8) is 0 Å². The van der Waals surface area contributed by atoms with Gasteiger partial charge >= 0.3 is 5.97 Å². The molecule has 11 heteroatoms. The van der Waals surface area contributed by atoms with E-state index in [2.05, 4.69) is 15.0 Å². The van der Waals surface area contributed by atoms with Gasteiger partial charge in [-0.1, -0.05) is 0 Å². The second-order valence-electron chi connectivity index (χ2n) is 5.59. The number of nitrogen functional groups attached to an aromatic ring is 1. The lowest BCUT2D eigenvalue weighted by molar-refractivity contribution is -0.137. The van der Waals surface area contributed by atoms with Crippen LogP contribution in [0.4, 0.5) is 5.82 Å². The van der Waals surface area contributed by atoms with Gasteiger partial charge in [-0.2, -0.15) is 0 Å². The average molecular weight is 365 g/mol. The molecule has 1 aliphatic heterocycles. The van der Waals surface area contributed by atoms with Crippen LogP contribution in [0.3, 0.4) is 0 Å². The topological polar surface area (TPSA) is 166 Å². The maximum Gasteiger partial charge on any atom is 0.330 e. The fraction of sp³-hybridized carbons (Fsp3) is 0.467. The molecule has 0 aromatic carbocycles. The number of anilines is 1. The molecule has 4 atom stereocenters. The zero-order valence-corrected chi connectivity index (χ0v) is 13.9.